The van der Waals surface area contributed by atoms with Crippen LogP contribution in [0.25, 0.3) is 0 Å². The summed E-state index contributed by atoms with van der Waals surface area (Å²) < 4.78 is 0. The standard InChI is InChI=1S/C19H22O2/c20-17-11-16-13-7-4-8-15(19(13)21)18(16)14(17)10-9-12-5-2-1-3-6-12/h1-3,5-6,13-16,18H,4,7-11H2/t13-,14+,15+,16-,18+/m1/s1. The first-order chi connectivity index (χ1) is 10.3. The lowest BCUT2D eigenvalue weighted by atomic mass is 9.79. The van der Waals surface area contributed by atoms with Crippen molar-refractivity contribution in [1.29, 1.82) is 0 Å². The van der Waals surface area contributed by atoms with E-state index in [9.17, 15) is 9.59 Å². The molecule has 0 N–H and O–H groups in total. The maximum atomic E-state index is 12.4. The first-order valence-electron chi connectivity index (χ1n) is 8.36. The molecule has 0 amide bonds. The van der Waals surface area contributed by atoms with E-state index in [0.717, 1.165) is 25.7 Å². The van der Waals surface area contributed by atoms with Crippen molar-refractivity contribution in [3.63, 3.8) is 0 Å². The van der Waals surface area contributed by atoms with Crippen molar-refractivity contribution >= 4 is 11.6 Å². The van der Waals surface area contributed by atoms with E-state index in [-0.39, 0.29) is 17.8 Å². The highest BCUT2D eigenvalue weighted by atomic mass is 16.1. The average molecular weight is 282 g/mol. The smallest absolute Gasteiger partial charge is 0.139 e. The van der Waals surface area contributed by atoms with Crippen LogP contribution < -0.4 is 0 Å². The van der Waals surface area contributed by atoms with Gasteiger partial charge in [-0.3, -0.25) is 9.59 Å². The molecule has 3 saturated carbocycles. The Balaban J connectivity index is 1.52. The number of carbonyl (C=O) groups excluding carboxylic acids is 2. The largest absolute Gasteiger partial charge is 0.299 e. The Hall–Kier alpha value is -1.44. The maximum Gasteiger partial charge on any atom is 0.139 e. The van der Waals surface area contributed by atoms with Crippen LogP contribution in [0.5, 0.6) is 0 Å². The highest BCUT2D eigenvalue weighted by molar-refractivity contribution is 5.93. The molecule has 1 aromatic rings. The van der Waals surface area contributed by atoms with Crippen LogP contribution in [0.4, 0.5) is 0 Å². The first kappa shape index (κ1) is 13.2. The Morgan fingerprint density at radius 1 is 1.00 bits per heavy atom. The molecule has 3 aliphatic rings. The van der Waals surface area contributed by atoms with E-state index in [1.165, 1.54) is 12.0 Å². The third-order valence-electron chi connectivity index (χ3n) is 6.14. The van der Waals surface area contributed by atoms with Crippen molar-refractivity contribution in [2.75, 3.05) is 0 Å². The van der Waals surface area contributed by atoms with Crippen molar-refractivity contribution < 1.29 is 9.59 Å². The normalized spacial score (nSPS) is 37.8. The van der Waals surface area contributed by atoms with E-state index >= 15 is 0 Å². The topological polar surface area (TPSA) is 34.1 Å². The van der Waals surface area contributed by atoms with E-state index in [4.69, 9.17) is 0 Å². The SMILES string of the molecule is O=C1[C@H]2CCC[C@@H]1[C@H]1CC(=O)[C@H](CCc3ccccc3)[C@H]12. The average Bonchev–Trinajstić information content (AvgIpc) is 2.86. The van der Waals surface area contributed by atoms with E-state index < -0.39 is 0 Å². The summed E-state index contributed by atoms with van der Waals surface area (Å²) in [7, 11) is 0. The Morgan fingerprint density at radius 3 is 2.57 bits per heavy atom. The van der Waals surface area contributed by atoms with Gasteiger partial charge in [-0.1, -0.05) is 36.8 Å². The second kappa shape index (κ2) is 5.08. The molecule has 4 rings (SSSR count). The molecular weight excluding hydrogens is 260 g/mol. The van der Waals surface area contributed by atoms with Crippen molar-refractivity contribution in [3.8, 4) is 0 Å². The van der Waals surface area contributed by atoms with Crippen LogP contribution in [-0.2, 0) is 16.0 Å². The van der Waals surface area contributed by atoms with E-state index in [1.807, 2.05) is 6.07 Å². The number of Topliss-reactive ketones (excluding diaryl/α,β-unsaturated/α-hetero) is 2. The molecule has 2 heteroatoms. The molecule has 5 atom stereocenters. The molecular formula is C19H22O2. The summed E-state index contributed by atoms with van der Waals surface area (Å²) in [6.07, 6.45) is 5.83. The molecule has 110 valence electrons. The van der Waals surface area contributed by atoms with Gasteiger partial charge in [0.15, 0.2) is 0 Å². The predicted molar refractivity (Wildman–Crippen MR) is 80.7 cm³/mol. The minimum absolute atomic E-state index is 0.146. The minimum atomic E-state index is 0.146. The number of ketones is 2. The number of fused-ring (bicyclic) bond motifs is 5. The monoisotopic (exact) mass is 282 g/mol. The fourth-order valence-electron chi connectivity index (χ4n) is 5.27. The number of hydrogen-bond donors (Lipinski definition) is 0. The molecule has 0 heterocycles. The van der Waals surface area contributed by atoms with E-state index in [2.05, 4.69) is 24.3 Å². The van der Waals surface area contributed by atoms with Crippen molar-refractivity contribution in [2.45, 2.75) is 38.5 Å². The number of benzene rings is 1. The zero-order valence-corrected chi connectivity index (χ0v) is 12.3. The van der Waals surface area contributed by atoms with Gasteiger partial charge in [-0.2, -0.15) is 0 Å². The molecule has 21 heavy (non-hydrogen) atoms. The molecule has 3 fully saturated rings. The van der Waals surface area contributed by atoms with Crippen LogP contribution in [0.3, 0.4) is 0 Å². The van der Waals surface area contributed by atoms with Gasteiger partial charge < -0.3 is 0 Å². The quantitative estimate of drug-likeness (QED) is 0.851. The van der Waals surface area contributed by atoms with Crippen molar-refractivity contribution in [3.05, 3.63) is 35.9 Å². The fraction of sp³-hybridized carbons (Fsp3) is 0.579. The summed E-state index contributed by atoms with van der Waals surface area (Å²) in [6, 6.07) is 10.4. The van der Waals surface area contributed by atoms with Crippen molar-refractivity contribution in [2.24, 2.45) is 29.6 Å². The van der Waals surface area contributed by atoms with Gasteiger partial charge in [0.1, 0.15) is 11.6 Å². The van der Waals surface area contributed by atoms with Gasteiger partial charge in [-0.05, 0) is 43.1 Å². The summed E-state index contributed by atoms with van der Waals surface area (Å²) in [6.45, 7) is 0. The van der Waals surface area contributed by atoms with Crippen molar-refractivity contribution in [1.82, 2.24) is 0 Å². The summed E-state index contributed by atoms with van der Waals surface area (Å²) >= 11 is 0. The van der Waals surface area contributed by atoms with Crippen LogP contribution >= 0.6 is 0 Å². The maximum absolute atomic E-state index is 12.4. The second-order valence-corrected chi connectivity index (χ2v) is 7.09. The minimum Gasteiger partial charge on any atom is -0.299 e. The molecule has 0 aliphatic heterocycles. The van der Waals surface area contributed by atoms with Crippen LogP contribution in [0, 0.1) is 29.6 Å². The van der Waals surface area contributed by atoms with Gasteiger partial charge in [0.2, 0.25) is 0 Å². The zero-order chi connectivity index (χ0) is 14.4. The van der Waals surface area contributed by atoms with Gasteiger partial charge in [0.25, 0.3) is 0 Å². The van der Waals surface area contributed by atoms with Gasteiger partial charge in [0.05, 0.1) is 0 Å². The first-order valence-corrected chi connectivity index (χ1v) is 8.36. The Bertz CT molecular complexity index is 562. The number of hydrogen-bond acceptors (Lipinski definition) is 2. The molecule has 0 saturated heterocycles. The van der Waals surface area contributed by atoms with E-state index in [0.29, 0.717) is 29.8 Å². The number of carbonyl (C=O) groups is 2. The fourth-order valence-corrected chi connectivity index (χ4v) is 5.27. The number of aryl methyl sites for hydroxylation is 1. The van der Waals surface area contributed by atoms with Gasteiger partial charge in [0, 0.05) is 24.2 Å². The summed E-state index contributed by atoms with van der Waals surface area (Å²) in [5.74, 6) is 2.27. The van der Waals surface area contributed by atoms with Crippen LogP contribution in [0.2, 0.25) is 0 Å². The zero-order valence-electron chi connectivity index (χ0n) is 12.3. The Morgan fingerprint density at radius 2 is 1.76 bits per heavy atom. The number of rotatable bonds is 3. The molecule has 0 unspecified atom stereocenters. The molecule has 1 aromatic carbocycles. The molecule has 2 bridgehead atoms. The molecule has 0 spiro atoms. The Labute approximate surface area is 125 Å². The molecule has 0 aromatic heterocycles. The lowest BCUT2D eigenvalue weighted by Gasteiger charge is -2.24. The van der Waals surface area contributed by atoms with Gasteiger partial charge in [-0.15, -0.1) is 0 Å². The highest BCUT2D eigenvalue weighted by Gasteiger charge is 2.58. The van der Waals surface area contributed by atoms with Gasteiger partial charge in [-0.25, -0.2) is 0 Å². The Kier molecular flexibility index (Phi) is 3.20. The van der Waals surface area contributed by atoms with Crippen LogP contribution in [0.1, 0.15) is 37.7 Å². The lowest BCUT2D eigenvalue weighted by Crippen LogP contribution is -2.27. The molecule has 2 nitrogen and oxygen atoms in total. The van der Waals surface area contributed by atoms with Crippen LogP contribution in [-0.4, -0.2) is 11.6 Å². The van der Waals surface area contributed by atoms with E-state index in [1.54, 1.807) is 0 Å². The summed E-state index contributed by atoms with van der Waals surface area (Å²) in [4.78, 5) is 24.9. The molecule has 0 radical (unpaired) electrons. The second-order valence-electron chi connectivity index (χ2n) is 7.09. The third kappa shape index (κ3) is 2.07. The van der Waals surface area contributed by atoms with Crippen LogP contribution in [0.15, 0.2) is 30.3 Å². The molecule has 3 aliphatic carbocycles. The summed E-state index contributed by atoms with van der Waals surface area (Å²) in [5.41, 5.74) is 1.31. The third-order valence-corrected chi connectivity index (χ3v) is 6.14. The van der Waals surface area contributed by atoms with Gasteiger partial charge >= 0.3 is 0 Å². The predicted octanol–water partition coefficient (Wildman–Crippen LogP) is 3.44. The lowest BCUT2D eigenvalue weighted by molar-refractivity contribution is -0.128. The summed E-state index contributed by atoms with van der Waals surface area (Å²) in [5, 5.41) is 0. The highest BCUT2D eigenvalue weighted by Crippen LogP contribution is 2.56.